The van der Waals surface area contributed by atoms with Crippen molar-refractivity contribution in [3.8, 4) is 16.9 Å². The van der Waals surface area contributed by atoms with Gasteiger partial charge in [-0.25, -0.2) is 4.39 Å². The minimum Gasteiger partial charge on any atom is -0.496 e. The number of aryl methyl sites for hydroxylation is 2. The van der Waals surface area contributed by atoms with E-state index in [1.165, 1.54) is 6.07 Å². The van der Waals surface area contributed by atoms with Gasteiger partial charge in [0, 0.05) is 34.3 Å². The molecule has 4 aromatic rings. The van der Waals surface area contributed by atoms with Crippen LogP contribution in [-0.2, 0) is 12.8 Å². The molecule has 0 atom stereocenters. The maximum absolute atomic E-state index is 14.2. The van der Waals surface area contributed by atoms with E-state index < -0.39 is 0 Å². The molecule has 3 aromatic heterocycles. The predicted octanol–water partition coefficient (Wildman–Crippen LogP) is 4.69. The highest BCUT2D eigenvalue weighted by atomic mass is 35.5. The van der Waals surface area contributed by atoms with Gasteiger partial charge in [-0.1, -0.05) is 17.7 Å². The molecule has 0 N–H and O–H groups in total. The molecule has 7 heteroatoms. The number of hydrogen-bond donors (Lipinski definition) is 0. The summed E-state index contributed by atoms with van der Waals surface area (Å²) in [7, 11) is 1.55. The zero-order valence-electron chi connectivity index (χ0n) is 15.5. The maximum Gasteiger partial charge on any atom is 0.168 e. The molecule has 0 radical (unpaired) electrons. The number of fused-ring (bicyclic) bond motifs is 1. The van der Waals surface area contributed by atoms with Crippen molar-refractivity contribution in [2.45, 2.75) is 19.8 Å². The van der Waals surface area contributed by atoms with Crippen molar-refractivity contribution in [3.05, 3.63) is 76.7 Å². The van der Waals surface area contributed by atoms with Crippen molar-refractivity contribution in [3.63, 3.8) is 0 Å². The van der Waals surface area contributed by atoms with Crippen LogP contribution in [0, 0.1) is 12.7 Å². The molecule has 0 fully saturated rings. The number of aromatic nitrogens is 4. The first kappa shape index (κ1) is 18.4. The summed E-state index contributed by atoms with van der Waals surface area (Å²) < 4.78 is 21.4. The lowest BCUT2D eigenvalue weighted by molar-refractivity contribution is 0.404. The Morgan fingerprint density at radius 1 is 1.14 bits per heavy atom. The summed E-state index contributed by atoms with van der Waals surface area (Å²) in [4.78, 5) is 4.34. The van der Waals surface area contributed by atoms with Crippen LogP contribution in [0.25, 0.3) is 16.8 Å². The van der Waals surface area contributed by atoms with Gasteiger partial charge in [-0.15, -0.1) is 10.2 Å². The number of nitrogens with zero attached hydrogens (tertiary/aromatic N) is 4. The van der Waals surface area contributed by atoms with Gasteiger partial charge < -0.3 is 4.74 Å². The zero-order valence-corrected chi connectivity index (χ0v) is 16.2. The van der Waals surface area contributed by atoms with Gasteiger partial charge in [0.2, 0.25) is 0 Å². The summed E-state index contributed by atoms with van der Waals surface area (Å²) in [6.07, 6.45) is 4.44. The molecule has 0 spiro atoms. The number of halogens is 2. The molecule has 1 aromatic carbocycles. The van der Waals surface area contributed by atoms with Crippen molar-refractivity contribution in [2.24, 2.45) is 0 Å². The molecule has 0 aliphatic rings. The molecule has 0 unspecified atom stereocenters. The monoisotopic (exact) mass is 396 g/mol. The van der Waals surface area contributed by atoms with Crippen molar-refractivity contribution < 1.29 is 9.13 Å². The Hall–Kier alpha value is -2.99. The third-order valence-electron chi connectivity index (χ3n) is 4.83. The Labute approximate surface area is 166 Å². The van der Waals surface area contributed by atoms with Gasteiger partial charge in [0.25, 0.3) is 0 Å². The van der Waals surface area contributed by atoms with Gasteiger partial charge in [-0.2, -0.15) is 0 Å². The number of hydrogen-bond acceptors (Lipinski definition) is 4. The van der Waals surface area contributed by atoms with Crippen LogP contribution < -0.4 is 4.74 Å². The minimum atomic E-state index is -0.270. The fourth-order valence-corrected chi connectivity index (χ4v) is 3.74. The predicted molar refractivity (Wildman–Crippen MR) is 106 cm³/mol. The molecule has 0 aliphatic carbocycles. The number of benzene rings is 1. The number of rotatable bonds is 5. The second kappa shape index (κ2) is 7.56. The fraction of sp³-hybridized carbons (Fsp3) is 0.190. The van der Waals surface area contributed by atoms with Crippen LogP contribution in [0.3, 0.4) is 0 Å². The topological polar surface area (TPSA) is 52.3 Å². The molecule has 5 nitrogen and oxygen atoms in total. The highest BCUT2D eigenvalue weighted by Crippen LogP contribution is 2.33. The first-order valence-corrected chi connectivity index (χ1v) is 9.22. The van der Waals surface area contributed by atoms with Crippen molar-refractivity contribution in [1.29, 1.82) is 0 Å². The molecule has 0 aliphatic heterocycles. The van der Waals surface area contributed by atoms with Crippen LogP contribution in [0.15, 0.2) is 48.9 Å². The van der Waals surface area contributed by atoms with E-state index in [9.17, 15) is 4.39 Å². The van der Waals surface area contributed by atoms with Crippen LogP contribution in [0.2, 0.25) is 5.02 Å². The summed E-state index contributed by atoms with van der Waals surface area (Å²) in [6.45, 7) is 1.91. The fourth-order valence-electron chi connectivity index (χ4n) is 3.45. The van der Waals surface area contributed by atoms with Crippen molar-refractivity contribution in [1.82, 2.24) is 19.6 Å². The summed E-state index contributed by atoms with van der Waals surface area (Å²) in [5, 5.41) is 8.95. The van der Waals surface area contributed by atoms with E-state index in [-0.39, 0.29) is 5.82 Å². The Balaban J connectivity index is 1.73. The smallest absolute Gasteiger partial charge is 0.168 e. The average molecular weight is 397 g/mol. The summed E-state index contributed by atoms with van der Waals surface area (Å²) in [5.74, 6) is 0.281. The van der Waals surface area contributed by atoms with Gasteiger partial charge in [0.15, 0.2) is 5.65 Å². The highest BCUT2D eigenvalue weighted by molar-refractivity contribution is 6.33. The Bertz CT molecular complexity index is 1140. The normalized spacial score (nSPS) is 11.1. The average Bonchev–Trinajstić information content (AvgIpc) is 3.18. The molecule has 4 rings (SSSR count). The number of methoxy groups -OCH3 is 1. The lowest BCUT2D eigenvalue weighted by Gasteiger charge is -2.13. The number of ether oxygens (including phenoxy) is 1. The Kier molecular flexibility index (Phi) is 4.96. The van der Waals surface area contributed by atoms with Gasteiger partial charge in [-0.05, 0) is 50.1 Å². The van der Waals surface area contributed by atoms with E-state index in [1.54, 1.807) is 37.8 Å². The number of pyridine rings is 2. The maximum atomic E-state index is 14.2. The molecule has 28 heavy (non-hydrogen) atoms. The summed E-state index contributed by atoms with van der Waals surface area (Å²) in [5.41, 5.74) is 4.73. The second-order valence-corrected chi connectivity index (χ2v) is 6.84. The first-order valence-electron chi connectivity index (χ1n) is 8.84. The lowest BCUT2D eigenvalue weighted by Crippen LogP contribution is -2.03. The van der Waals surface area contributed by atoms with E-state index in [0.717, 1.165) is 22.5 Å². The van der Waals surface area contributed by atoms with Crippen molar-refractivity contribution >= 4 is 17.2 Å². The van der Waals surface area contributed by atoms with E-state index in [2.05, 4.69) is 15.2 Å². The Morgan fingerprint density at radius 3 is 2.79 bits per heavy atom. The van der Waals surface area contributed by atoms with E-state index in [1.807, 2.05) is 23.5 Å². The second-order valence-electron chi connectivity index (χ2n) is 6.44. The molecule has 0 saturated carbocycles. The molecular weight excluding hydrogens is 379 g/mol. The van der Waals surface area contributed by atoms with Gasteiger partial charge in [0.05, 0.1) is 12.1 Å². The Morgan fingerprint density at radius 2 is 2.00 bits per heavy atom. The third-order valence-corrected chi connectivity index (χ3v) is 5.14. The molecule has 0 bridgehead atoms. The van der Waals surface area contributed by atoms with Crippen LogP contribution in [-0.4, -0.2) is 26.7 Å². The highest BCUT2D eigenvalue weighted by Gasteiger charge is 2.16. The minimum absolute atomic E-state index is 0.270. The molecular formula is C21H18ClFN4O. The van der Waals surface area contributed by atoms with Crippen LogP contribution in [0.1, 0.15) is 17.0 Å². The first-order chi connectivity index (χ1) is 13.6. The summed E-state index contributed by atoms with van der Waals surface area (Å²) in [6, 6.07) is 10.6. The van der Waals surface area contributed by atoms with Gasteiger partial charge >= 0.3 is 0 Å². The zero-order chi connectivity index (χ0) is 19.7. The largest absolute Gasteiger partial charge is 0.496 e. The quantitative estimate of drug-likeness (QED) is 0.491. The van der Waals surface area contributed by atoms with E-state index >= 15 is 0 Å². The molecule has 0 saturated heterocycles. The lowest BCUT2D eigenvalue weighted by atomic mass is 10.0. The standard InChI is InChI=1S/C21H18ClFN4O/c1-13-20(17(22)10-11-24-13)16-9-7-14(27-12-25-26-21(16)27)6-8-15-18(23)4-3-5-19(15)28-2/h3-5,7,9-12H,6,8H2,1-2H3. The van der Waals surface area contributed by atoms with Crippen LogP contribution in [0.5, 0.6) is 5.75 Å². The van der Waals surface area contributed by atoms with Crippen molar-refractivity contribution in [2.75, 3.05) is 7.11 Å². The SMILES string of the molecule is COc1cccc(F)c1CCc1ccc(-c2c(Cl)ccnc2C)c2nncn12. The van der Waals surface area contributed by atoms with Gasteiger partial charge in [-0.3, -0.25) is 9.38 Å². The molecule has 0 amide bonds. The molecule has 3 heterocycles. The third kappa shape index (κ3) is 3.20. The van der Waals surface area contributed by atoms with Crippen LogP contribution >= 0.6 is 11.6 Å². The molecule has 142 valence electrons. The van der Waals surface area contributed by atoms with Crippen LogP contribution in [0.4, 0.5) is 4.39 Å². The summed E-state index contributed by atoms with van der Waals surface area (Å²) >= 11 is 6.41. The van der Waals surface area contributed by atoms with E-state index in [0.29, 0.717) is 34.8 Å². The van der Waals surface area contributed by atoms with Gasteiger partial charge in [0.1, 0.15) is 17.9 Å². The van der Waals surface area contributed by atoms with E-state index in [4.69, 9.17) is 16.3 Å².